The van der Waals surface area contributed by atoms with Gasteiger partial charge in [0.15, 0.2) is 0 Å². The normalized spacial score (nSPS) is 11.7. The Labute approximate surface area is 94.0 Å². The third-order valence-electron chi connectivity index (χ3n) is 2.16. The Morgan fingerprint density at radius 3 is 2.62 bits per heavy atom. The van der Waals surface area contributed by atoms with E-state index in [1.54, 1.807) is 25.1 Å². The number of nitrogens with one attached hydrogen (secondary N) is 2. The Hall–Kier alpha value is -1.88. The van der Waals surface area contributed by atoms with E-state index in [2.05, 4.69) is 5.32 Å². The topological polar surface area (TPSA) is 84.2 Å². The number of carbonyl (C=O) groups excluding carboxylic acids is 2. The van der Waals surface area contributed by atoms with Crippen LogP contribution in [-0.4, -0.2) is 17.9 Å². The van der Waals surface area contributed by atoms with Crippen LogP contribution in [0.4, 0.5) is 0 Å². The third kappa shape index (κ3) is 3.06. The quantitative estimate of drug-likeness (QED) is 0.384. The van der Waals surface area contributed by atoms with Crippen LogP contribution in [0.25, 0.3) is 0 Å². The molecule has 4 N–H and O–H groups in total. The van der Waals surface area contributed by atoms with Crippen LogP contribution < -0.4 is 16.6 Å². The van der Waals surface area contributed by atoms with Gasteiger partial charge in [0, 0.05) is 5.56 Å². The molecule has 0 fully saturated rings. The van der Waals surface area contributed by atoms with Gasteiger partial charge in [0.2, 0.25) is 0 Å². The summed E-state index contributed by atoms with van der Waals surface area (Å²) < 4.78 is 0. The highest BCUT2D eigenvalue weighted by Crippen LogP contribution is 2.03. The number of amides is 2. The zero-order chi connectivity index (χ0) is 12.1. The zero-order valence-electron chi connectivity index (χ0n) is 9.28. The van der Waals surface area contributed by atoms with E-state index in [4.69, 9.17) is 5.84 Å². The first-order chi connectivity index (χ1) is 7.54. The average molecular weight is 221 g/mol. The molecular formula is C11H15N3O2. The number of carbonyl (C=O) groups is 2. The van der Waals surface area contributed by atoms with Gasteiger partial charge in [-0.25, -0.2) is 5.84 Å². The Balaban J connectivity index is 2.69. The summed E-state index contributed by atoms with van der Waals surface area (Å²) in [4.78, 5) is 22.8. The Kier molecular flexibility index (Phi) is 4.02. The summed E-state index contributed by atoms with van der Waals surface area (Å²) in [7, 11) is 0. The Morgan fingerprint density at radius 2 is 2.06 bits per heavy atom. The summed E-state index contributed by atoms with van der Waals surface area (Å²) in [5, 5.41) is 2.54. The van der Waals surface area contributed by atoms with Crippen LogP contribution >= 0.6 is 0 Å². The van der Waals surface area contributed by atoms with E-state index in [-0.39, 0.29) is 5.91 Å². The first kappa shape index (κ1) is 12.2. The maximum absolute atomic E-state index is 11.7. The molecule has 1 rings (SSSR count). The van der Waals surface area contributed by atoms with E-state index in [9.17, 15) is 9.59 Å². The molecule has 1 unspecified atom stereocenters. The number of nitrogens with two attached hydrogens (primary N) is 1. The van der Waals surface area contributed by atoms with E-state index in [1.165, 1.54) is 0 Å². The van der Waals surface area contributed by atoms with Crippen LogP contribution in [0.5, 0.6) is 0 Å². The Bertz CT molecular complexity index is 404. The number of hydrogen-bond acceptors (Lipinski definition) is 3. The summed E-state index contributed by atoms with van der Waals surface area (Å²) in [6.45, 7) is 3.46. The molecule has 0 aliphatic carbocycles. The van der Waals surface area contributed by atoms with Crippen molar-refractivity contribution in [3.63, 3.8) is 0 Å². The summed E-state index contributed by atoms with van der Waals surface area (Å²) in [6.07, 6.45) is 0. The molecule has 0 aliphatic heterocycles. The molecule has 5 nitrogen and oxygen atoms in total. The van der Waals surface area contributed by atoms with Gasteiger partial charge in [0.25, 0.3) is 11.8 Å². The molecule has 0 saturated heterocycles. The largest absolute Gasteiger partial charge is 0.340 e. The SMILES string of the molecule is Cc1cccc(C(=O)NC(C)C(=O)NN)c1. The molecule has 0 bridgehead atoms. The lowest BCUT2D eigenvalue weighted by molar-refractivity contribution is -0.122. The van der Waals surface area contributed by atoms with E-state index in [1.807, 2.05) is 18.4 Å². The van der Waals surface area contributed by atoms with E-state index in [0.717, 1.165) is 5.56 Å². The molecule has 16 heavy (non-hydrogen) atoms. The molecule has 1 atom stereocenters. The van der Waals surface area contributed by atoms with Gasteiger partial charge in [0.05, 0.1) is 0 Å². The number of aryl methyl sites for hydroxylation is 1. The van der Waals surface area contributed by atoms with Crippen LogP contribution in [-0.2, 0) is 4.79 Å². The molecule has 0 aromatic heterocycles. The average Bonchev–Trinajstić information content (AvgIpc) is 2.27. The van der Waals surface area contributed by atoms with Gasteiger partial charge < -0.3 is 5.32 Å². The molecule has 2 amide bonds. The second-order valence-electron chi connectivity index (χ2n) is 3.57. The van der Waals surface area contributed by atoms with Crippen LogP contribution in [0, 0.1) is 6.92 Å². The van der Waals surface area contributed by atoms with Gasteiger partial charge >= 0.3 is 0 Å². The third-order valence-corrected chi connectivity index (χ3v) is 2.16. The predicted molar refractivity (Wildman–Crippen MR) is 60.4 cm³/mol. The van der Waals surface area contributed by atoms with Crippen LogP contribution in [0.15, 0.2) is 24.3 Å². The first-order valence-corrected chi connectivity index (χ1v) is 4.92. The van der Waals surface area contributed by atoms with Crippen molar-refractivity contribution in [3.8, 4) is 0 Å². The minimum atomic E-state index is -0.655. The standard InChI is InChI=1S/C11H15N3O2/c1-7-4-3-5-9(6-7)11(16)13-8(2)10(15)14-12/h3-6,8H,12H2,1-2H3,(H,13,16)(H,14,15). The molecule has 5 heteroatoms. The molecular weight excluding hydrogens is 206 g/mol. The summed E-state index contributed by atoms with van der Waals surface area (Å²) in [5.41, 5.74) is 3.49. The molecule has 1 aromatic rings. The number of rotatable bonds is 3. The summed E-state index contributed by atoms with van der Waals surface area (Å²) in [5.74, 6) is 4.24. The van der Waals surface area contributed by atoms with Crippen molar-refractivity contribution in [1.29, 1.82) is 0 Å². The van der Waals surface area contributed by atoms with Crippen LogP contribution in [0.1, 0.15) is 22.8 Å². The zero-order valence-corrected chi connectivity index (χ0v) is 9.28. The highest BCUT2D eigenvalue weighted by molar-refractivity contribution is 5.97. The second kappa shape index (κ2) is 5.27. The fraction of sp³-hybridized carbons (Fsp3) is 0.273. The summed E-state index contributed by atoms with van der Waals surface area (Å²) >= 11 is 0. The maximum Gasteiger partial charge on any atom is 0.256 e. The molecule has 0 heterocycles. The molecule has 0 aliphatic rings. The molecule has 0 spiro atoms. The molecule has 1 aromatic carbocycles. The van der Waals surface area contributed by atoms with Crippen molar-refractivity contribution in [1.82, 2.24) is 10.7 Å². The van der Waals surface area contributed by atoms with E-state index in [0.29, 0.717) is 5.56 Å². The van der Waals surface area contributed by atoms with Crippen LogP contribution in [0.3, 0.4) is 0 Å². The number of benzene rings is 1. The molecule has 0 saturated carbocycles. The highest BCUT2D eigenvalue weighted by atomic mass is 16.2. The minimum Gasteiger partial charge on any atom is -0.340 e. The second-order valence-corrected chi connectivity index (χ2v) is 3.57. The fourth-order valence-corrected chi connectivity index (χ4v) is 1.26. The first-order valence-electron chi connectivity index (χ1n) is 4.92. The monoisotopic (exact) mass is 221 g/mol. The molecule has 86 valence electrons. The lowest BCUT2D eigenvalue weighted by Crippen LogP contribution is -2.47. The van der Waals surface area contributed by atoms with Gasteiger partial charge in [-0.2, -0.15) is 0 Å². The number of hydrazine groups is 1. The van der Waals surface area contributed by atoms with Crippen molar-refractivity contribution < 1.29 is 9.59 Å². The van der Waals surface area contributed by atoms with Crippen molar-refractivity contribution in [2.75, 3.05) is 0 Å². The van der Waals surface area contributed by atoms with Gasteiger partial charge in [-0.05, 0) is 26.0 Å². The van der Waals surface area contributed by atoms with Crippen molar-refractivity contribution in [2.24, 2.45) is 5.84 Å². The highest BCUT2D eigenvalue weighted by Gasteiger charge is 2.15. The van der Waals surface area contributed by atoms with Gasteiger partial charge in [0.1, 0.15) is 6.04 Å². The maximum atomic E-state index is 11.7. The predicted octanol–water partition coefficient (Wildman–Crippen LogP) is 0.103. The molecule has 0 radical (unpaired) electrons. The van der Waals surface area contributed by atoms with Crippen LogP contribution in [0.2, 0.25) is 0 Å². The smallest absolute Gasteiger partial charge is 0.256 e. The van der Waals surface area contributed by atoms with Gasteiger partial charge in [-0.15, -0.1) is 0 Å². The lowest BCUT2D eigenvalue weighted by Gasteiger charge is -2.12. The minimum absolute atomic E-state index is 0.292. The van der Waals surface area contributed by atoms with Crippen molar-refractivity contribution in [2.45, 2.75) is 19.9 Å². The van der Waals surface area contributed by atoms with Crippen molar-refractivity contribution in [3.05, 3.63) is 35.4 Å². The van der Waals surface area contributed by atoms with Gasteiger partial charge in [-0.3, -0.25) is 15.0 Å². The Morgan fingerprint density at radius 1 is 1.38 bits per heavy atom. The number of hydrogen-bond donors (Lipinski definition) is 3. The van der Waals surface area contributed by atoms with Gasteiger partial charge in [-0.1, -0.05) is 17.7 Å². The van der Waals surface area contributed by atoms with Crippen molar-refractivity contribution >= 4 is 11.8 Å². The van der Waals surface area contributed by atoms with E-state index < -0.39 is 11.9 Å². The summed E-state index contributed by atoms with van der Waals surface area (Å²) in [6, 6.07) is 6.47. The van der Waals surface area contributed by atoms with E-state index >= 15 is 0 Å². The fourth-order valence-electron chi connectivity index (χ4n) is 1.26. The lowest BCUT2D eigenvalue weighted by atomic mass is 10.1.